The van der Waals surface area contributed by atoms with E-state index in [1.54, 1.807) is 13.2 Å². The van der Waals surface area contributed by atoms with E-state index in [2.05, 4.69) is 27.9 Å². The van der Waals surface area contributed by atoms with E-state index in [0.717, 1.165) is 42.6 Å². The number of carbonyl (C=O) groups is 1. The molecule has 4 N–H and O–H groups in total. The molecule has 0 atom stereocenters. The van der Waals surface area contributed by atoms with Gasteiger partial charge in [-0.3, -0.25) is 15.1 Å². The van der Waals surface area contributed by atoms with Gasteiger partial charge in [-0.05, 0) is 49.6 Å². The second-order valence-electron chi connectivity index (χ2n) is 7.15. The molecule has 0 aromatic heterocycles. The number of rotatable bonds is 8. The number of hydrogen-bond acceptors (Lipinski definition) is 6. The van der Waals surface area contributed by atoms with Gasteiger partial charge in [0.15, 0.2) is 5.96 Å². The lowest BCUT2D eigenvalue weighted by Gasteiger charge is -2.19. The molecule has 3 rings (SSSR count). The van der Waals surface area contributed by atoms with E-state index in [-0.39, 0.29) is 11.3 Å². The molecular formula is C23H30N4O3. The zero-order valence-corrected chi connectivity index (χ0v) is 17.8. The Morgan fingerprint density at radius 3 is 2.77 bits per heavy atom. The van der Waals surface area contributed by atoms with Gasteiger partial charge >= 0.3 is 0 Å². The summed E-state index contributed by atoms with van der Waals surface area (Å²) >= 11 is 0. The third-order valence-electron chi connectivity index (χ3n) is 5.05. The maximum Gasteiger partial charge on any atom is 0.262 e. The van der Waals surface area contributed by atoms with Gasteiger partial charge in [-0.1, -0.05) is 19.4 Å². The number of unbranched alkanes of at least 4 members (excludes halogenated alkanes) is 1. The van der Waals surface area contributed by atoms with Crippen LogP contribution in [0.3, 0.4) is 0 Å². The van der Waals surface area contributed by atoms with E-state index in [1.165, 1.54) is 0 Å². The van der Waals surface area contributed by atoms with Crippen LogP contribution < -0.4 is 20.7 Å². The van der Waals surface area contributed by atoms with Crippen LogP contribution >= 0.6 is 0 Å². The average Bonchev–Trinajstić information content (AvgIpc) is 3.25. The minimum atomic E-state index is -0.398. The van der Waals surface area contributed by atoms with Crippen molar-refractivity contribution in [3.8, 4) is 22.6 Å². The summed E-state index contributed by atoms with van der Waals surface area (Å²) in [7, 11) is 1.61. The van der Waals surface area contributed by atoms with E-state index >= 15 is 0 Å². The Labute approximate surface area is 177 Å². The molecule has 7 nitrogen and oxygen atoms in total. The Bertz CT molecular complexity index is 940. The summed E-state index contributed by atoms with van der Waals surface area (Å²) in [6.45, 7) is 6.23. The Morgan fingerprint density at radius 1 is 1.27 bits per heavy atom. The lowest BCUT2D eigenvalue weighted by molar-refractivity contribution is 0.0974. The highest BCUT2D eigenvalue weighted by atomic mass is 16.5. The van der Waals surface area contributed by atoms with Crippen LogP contribution in [-0.4, -0.2) is 43.7 Å². The number of aryl methyl sites for hydroxylation is 1. The number of guanidine groups is 1. The van der Waals surface area contributed by atoms with Gasteiger partial charge < -0.3 is 20.5 Å². The van der Waals surface area contributed by atoms with Crippen LogP contribution in [0.2, 0.25) is 0 Å². The summed E-state index contributed by atoms with van der Waals surface area (Å²) in [6, 6.07) is 9.27. The molecule has 2 aromatic carbocycles. The maximum absolute atomic E-state index is 13.2. The van der Waals surface area contributed by atoms with Gasteiger partial charge in [0.05, 0.1) is 19.2 Å². The van der Waals surface area contributed by atoms with Gasteiger partial charge in [-0.25, -0.2) is 0 Å². The molecule has 7 heteroatoms. The first-order valence-corrected chi connectivity index (χ1v) is 10.5. The fourth-order valence-corrected chi connectivity index (χ4v) is 3.62. The minimum Gasteiger partial charge on any atom is -0.507 e. The summed E-state index contributed by atoms with van der Waals surface area (Å²) < 4.78 is 5.62. The number of hydrogen-bond donors (Lipinski definition) is 4. The number of aliphatic imine (C=N–C) groups is 1. The van der Waals surface area contributed by atoms with Gasteiger partial charge in [-0.2, -0.15) is 0 Å². The van der Waals surface area contributed by atoms with E-state index in [0.29, 0.717) is 30.4 Å². The van der Waals surface area contributed by atoms with Crippen LogP contribution in [0.1, 0.15) is 42.6 Å². The number of nitrogens with zero attached hydrogens (tertiary/aromatic N) is 1. The highest BCUT2D eigenvalue weighted by molar-refractivity contribution is 6.12. The number of methoxy groups -OCH3 is 1. The van der Waals surface area contributed by atoms with Crippen LogP contribution in [-0.2, 0) is 6.42 Å². The number of phenolic OH excluding ortho intramolecular Hbond substituents is 1. The molecule has 1 amide bonds. The topological polar surface area (TPSA) is 95.0 Å². The van der Waals surface area contributed by atoms with Crippen molar-refractivity contribution in [1.29, 1.82) is 0 Å². The molecular weight excluding hydrogens is 380 g/mol. The van der Waals surface area contributed by atoms with Gasteiger partial charge in [0, 0.05) is 29.9 Å². The average molecular weight is 411 g/mol. The number of nitrogens with one attached hydrogen (secondary N) is 3. The predicted octanol–water partition coefficient (Wildman–Crippen LogP) is 3.53. The standard InChI is InChI=1S/C23H30N4O3/c1-4-6-7-15-8-10-18(28)21(22(29)27-23-25-12-13-26-23)20(15)17-14-16(24-5-2)9-11-19(17)30-3/h8-11,14,24,28H,4-7,12-13H2,1-3H3,(H2,25,26,27,29). The van der Waals surface area contributed by atoms with Gasteiger partial charge in [0.2, 0.25) is 0 Å². The molecule has 0 unspecified atom stereocenters. The molecule has 0 bridgehead atoms. The van der Waals surface area contributed by atoms with Crippen molar-refractivity contribution >= 4 is 17.6 Å². The first-order valence-electron chi connectivity index (χ1n) is 10.5. The highest BCUT2D eigenvalue weighted by Gasteiger charge is 2.24. The number of carbonyl (C=O) groups excluding carboxylic acids is 1. The molecule has 0 radical (unpaired) electrons. The van der Waals surface area contributed by atoms with Crippen molar-refractivity contribution in [1.82, 2.24) is 10.6 Å². The normalized spacial score (nSPS) is 12.8. The lowest BCUT2D eigenvalue weighted by Crippen LogP contribution is -2.38. The Morgan fingerprint density at radius 2 is 2.10 bits per heavy atom. The number of anilines is 1. The fourth-order valence-electron chi connectivity index (χ4n) is 3.62. The third-order valence-corrected chi connectivity index (χ3v) is 5.05. The van der Waals surface area contributed by atoms with Crippen molar-refractivity contribution < 1.29 is 14.6 Å². The zero-order valence-electron chi connectivity index (χ0n) is 17.8. The molecule has 0 spiro atoms. The molecule has 160 valence electrons. The van der Waals surface area contributed by atoms with E-state index in [1.807, 2.05) is 31.2 Å². The van der Waals surface area contributed by atoms with E-state index in [9.17, 15) is 9.90 Å². The van der Waals surface area contributed by atoms with Crippen molar-refractivity contribution in [2.45, 2.75) is 33.1 Å². The first-order chi connectivity index (χ1) is 14.6. The van der Waals surface area contributed by atoms with Gasteiger partial charge in [-0.15, -0.1) is 0 Å². The largest absolute Gasteiger partial charge is 0.507 e. The minimum absolute atomic E-state index is 0.0720. The first kappa shape index (κ1) is 21.5. The summed E-state index contributed by atoms with van der Waals surface area (Å²) in [4.78, 5) is 17.4. The lowest BCUT2D eigenvalue weighted by atomic mass is 9.89. The Kier molecular flexibility index (Phi) is 7.17. The van der Waals surface area contributed by atoms with Gasteiger partial charge in [0.1, 0.15) is 11.5 Å². The second-order valence-corrected chi connectivity index (χ2v) is 7.15. The number of amides is 1. The fraction of sp³-hybridized carbons (Fsp3) is 0.391. The van der Waals surface area contributed by atoms with Crippen molar-refractivity contribution in [3.63, 3.8) is 0 Å². The molecule has 1 aliphatic rings. The third kappa shape index (κ3) is 4.67. The molecule has 1 heterocycles. The summed E-state index contributed by atoms with van der Waals surface area (Å²) in [5.41, 5.74) is 3.60. The summed E-state index contributed by atoms with van der Waals surface area (Å²) in [5, 5.41) is 19.8. The molecule has 1 aliphatic heterocycles. The van der Waals surface area contributed by atoms with Crippen molar-refractivity contribution in [3.05, 3.63) is 41.5 Å². The number of phenols is 1. The Hall–Kier alpha value is -3.22. The summed E-state index contributed by atoms with van der Waals surface area (Å²) in [6.07, 6.45) is 2.79. The molecule has 2 aromatic rings. The van der Waals surface area contributed by atoms with E-state index < -0.39 is 5.91 Å². The zero-order chi connectivity index (χ0) is 21.5. The highest BCUT2D eigenvalue weighted by Crippen LogP contribution is 2.40. The molecule has 0 saturated heterocycles. The summed E-state index contributed by atoms with van der Waals surface area (Å²) in [5.74, 6) is 0.602. The molecule has 0 saturated carbocycles. The van der Waals surface area contributed by atoms with Crippen LogP contribution in [0.15, 0.2) is 35.3 Å². The van der Waals surface area contributed by atoms with Crippen LogP contribution in [0, 0.1) is 0 Å². The van der Waals surface area contributed by atoms with Crippen LogP contribution in [0.4, 0.5) is 5.69 Å². The van der Waals surface area contributed by atoms with Gasteiger partial charge in [0.25, 0.3) is 5.91 Å². The number of aromatic hydroxyl groups is 1. The quantitative estimate of drug-likeness (QED) is 0.534. The number of benzene rings is 2. The van der Waals surface area contributed by atoms with Crippen molar-refractivity contribution in [2.24, 2.45) is 4.99 Å². The molecule has 30 heavy (non-hydrogen) atoms. The van der Waals surface area contributed by atoms with Crippen molar-refractivity contribution in [2.75, 3.05) is 32.1 Å². The van der Waals surface area contributed by atoms with Crippen LogP contribution in [0.5, 0.6) is 11.5 Å². The SMILES string of the molecule is CCCCc1ccc(O)c(C(=O)NC2=NCCN2)c1-c1cc(NCC)ccc1OC. The second kappa shape index (κ2) is 10.0. The monoisotopic (exact) mass is 410 g/mol. The smallest absolute Gasteiger partial charge is 0.262 e. The maximum atomic E-state index is 13.2. The molecule has 0 aliphatic carbocycles. The predicted molar refractivity (Wildman–Crippen MR) is 121 cm³/mol. The van der Waals surface area contributed by atoms with E-state index in [4.69, 9.17) is 4.74 Å². The Balaban J connectivity index is 2.18. The number of ether oxygens (including phenoxy) is 1. The van der Waals surface area contributed by atoms with Crippen LogP contribution in [0.25, 0.3) is 11.1 Å². The molecule has 0 fully saturated rings.